The van der Waals surface area contributed by atoms with E-state index in [0.717, 1.165) is 31.2 Å². The first-order chi connectivity index (χ1) is 10.5. The molecule has 0 aliphatic heterocycles. The van der Waals surface area contributed by atoms with Crippen LogP contribution in [0.5, 0.6) is 0 Å². The van der Waals surface area contributed by atoms with Crippen LogP contribution < -0.4 is 10.6 Å². The summed E-state index contributed by atoms with van der Waals surface area (Å²) in [6.45, 7) is 4.24. The summed E-state index contributed by atoms with van der Waals surface area (Å²) in [5.74, 6) is 0.0628. The van der Waals surface area contributed by atoms with Crippen molar-refractivity contribution >= 4 is 23.4 Å². The number of halogens is 1. The summed E-state index contributed by atoms with van der Waals surface area (Å²) in [5, 5.41) is 6.51. The number of nitrogens with one attached hydrogen (secondary N) is 2. The molecule has 1 aromatic rings. The Bertz CT molecular complexity index is 474. The minimum atomic E-state index is -0.00787. The molecular weight excluding hydrogens is 300 g/mol. The van der Waals surface area contributed by atoms with E-state index >= 15 is 0 Å². The lowest BCUT2D eigenvalue weighted by Crippen LogP contribution is -2.27. The highest BCUT2D eigenvalue weighted by atomic mass is 35.5. The Morgan fingerprint density at radius 2 is 1.82 bits per heavy atom. The van der Waals surface area contributed by atoms with E-state index in [9.17, 15) is 9.59 Å². The Morgan fingerprint density at radius 3 is 2.41 bits per heavy atom. The maximum atomic E-state index is 12.0. The van der Waals surface area contributed by atoms with Crippen LogP contribution in [0, 0.1) is 0 Å². The Labute approximate surface area is 137 Å². The third-order valence-corrected chi connectivity index (χ3v) is 3.72. The maximum absolute atomic E-state index is 12.0. The van der Waals surface area contributed by atoms with Gasteiger partial charge in [-0.05, 0) is 37.0 Å². The largest absolute Gasteiger partial charge is 0.356 e. The Hall–Kier alpha value is -1.55. The van der Waals surface area contributed by atoms with Gasteiger partial charge in [-0.25, -0.2) is 0 Å². The van der Waals surface area contributed by atoms with Crippen molar-refractivity contribution in [2.75, 3.05) is 6.54 Å². The Morgan fingerprint density at radius 1 is 1.14 bits per heavy atom. The minimum absolute atomic E-state index is 0.00787. The van der Waals surface area contributed by atoms with Gasteiger partial charge in [0.15, 0.2) is 0 Å². The lowest BCUT2D eigenvalue weighted by molar-refractivity contribution is -0.122. The van der Waals surface area contributed by atoms with Crippen molar-refractivity contribution in [2.45, 2.75) is 52.0 Å². The molecule has 0 bridgehead atoms. The molecule has 1 atom stereocenters. The van der Waals surface area contributed by atoms with Gasteiger partial charge in [-0.15, -0.1) is 0 Å². The average molecular weight is 325 g/mol. The summed E-state index contributed by atoms with van der Waals surface area (Å²) in [4.78, 5) is 22.7. The van der Waals surface area contributed by atoms with Gasteiger partial charge >= 0.3 is 0 Å². The highest BCUT2D eigenvalue weighted by molar-refractivity contribution is 6.30. The number of hydrogen-bond acceptors (Lipinski definition) is 2. The number of unbranched alkanes of at least 4 members (excludes halogenated alkanes) is 2. The highest BCUT2D eigenvalue weighted by Gasteiger charge is 2.12. The van der Waals surface area contributed by atoms with Crippen molar-refractivity contribution < 1.29 is 9.59 Å². The van der Waals surface area contributed by atoms with Crippen LogP contribution in [0.25, 0.3) is 0 Å². The highest BCUT2D eigenvalue weighted by Crippen LogP contribution is 2.19. The maximum Gasteiger partial charge on any atom is 0.220 e. The topological polar surface area (TPSA) is 58.2 Å². The lowest BCUT2D eigenvalue weighted by atomic mass is 10.0. The quantitative estimate of drug-likeness (QED) is 0.682. The van der Waals surface area contributed by atoms with E-state index in [4.69, 9.17) is 11.6 Å². The van der Waals surface area contributed by atoms with Crippen LogP contribution in [-0.2, 0) is 9.59 Å². The van der Waals surface area contributed by atoms with E-state index in [1.165, 1.54) is 6.92 Å². The van der Waals surface area contributed by atoms with E-state index in [0.29, 0.717) is 18.0 Å². The van der Waals surface area contributed by atoms with E-state index in [1.807, 2.05) is 31.2 Å². The fourth-order valence-corrected chi connectivity index (χ4v) is 2.36. The van der Waals surface area contributed by atoms with Crippen molar-refractivity contribution in [3.63, 3.8) is 0 Å². The molecule has 2 amide bonds. The second kappa shape index (κ2) is 10.2. The molecule has 0 radical (unpaired) electrons. The van der Waals surface area contributed by atoms with Crippen LogP contribution in [-0.4, -0.2) is 18.4 Å². The number of rotatable bonds is 9. The van der Waals surface area contributed by atoms with Crippen LogP contribution in [0.2, 0.25) is 5.02 Å². The first-order valence-corrected chi connectivity index (χ1v) is 8.20. The van der Waals surface area contributed by atoms with E-state index in [-0.39, 0.29) is 17.9 Å². The second-order valence-electron chi connectivity index (χ2n) is 5.37. The van der Waals surface area contributed by atoms with E-state index < -0.39 is 0 Å². The van der Waals surface area contributed by atoms with Crippen molar-refractivity contribution in [2.24, 2.45) is 0 Å². The molecule has 0 fully saturated rings. The molecule has 0 spiro atoms. The predicted octanol–water partition coefficient (Wildman–Crippen LogP) is 3.60. The molecule has 1 rings (SSSR count). The first-order valence-electron chi connectivity index (χ1n) is 7.82. The molecule has 1 unspecified atom stereocenters. The fourth-order valence-electron chi connectivity index (χ4n) is 2.23. The first kappa shape index (κ1) is 18.5. The summed E-state index contributed by atoms with van der Waals surface area (Å²) in [5.41, 5.74) is 1.07. The monoisotopic (exact) mass is 324 g/mol. The minimum Gasteiger partial charge on any atom is -0.356 e. The summed E-state index contributed by atoms with van der Waals surface area (Å²) >= 11 is 5.88. The van der Waals surface area contributed by atoms with Crippen molar-refractivity contribution in [3.8, 4) is 0 Å². The summed E-state index contributed by atoms with van der Waals surface area (Å²) in [6, 6.07) is 7.61. The van der Waals surface area contributed by atoms with Gasteiger partial charge in [0, 0.05) is 24.9 Å². The average Bonchev–Trinajstić information content (AvgIpc) is 2.49. The summed E-state index contributed by atoms with van der Waals surface area (Å²) < 4.78 is 0. The number of carbonyl (C=O) groups excluding carboxylic acids is 2. The Kier molecular flexibility index (Phi) is 8.60. The molecule has 0 aliphatic carbocycles. The van der Waals surface area contributed by atoms with Gasteiger partial charge in [0.05, 0.1) is 6.04 Å². The van der Waals surface area contributed by atoms with Gasteiger partial charge in [-0.2, -0.15) is 0 Å². The lowest BCUT2D eigenvalue weighted by Gasteiger charge is -2.17. The van der Waals surface area contributed by atoms with Gasteiger partial charge in [0.1, 0.15) is 0 Å². The number of amides is 2. The van der Waals surface area contributed by atoms with Crippen LogP contribution in [0.4, 0.5) is 0 Å². The third-order valence-electron chi connectivity index (χ3n) is 3.47. The zero-order valence-electron chi connectivity index (χ0n) is 13.3. The van der Waals surface area contributed by atoms with Crippen LogP contribution in [0.1, 0.15) is 57.6 Å². The fraction of sp³-hybridized carbons (Fsp3) is 0.529. The van der Waals surface area contributed by atoms with Crippen molar-refractivity contribution in [1.82, 2.24) is 10.6 Å². The zero-order valence-corrected chi connectivity index (χ0v) is 14.1. The predicted molar refractivity (Wildman–Crippen MR) is 89.8 cm³/mol. The zero-order chi connectivity index (χ0) is 16.4. The van der Waals surface area contributed by atoms with Gasteiger partial charge in [0.25, 0.3) is 0 Å². The molecule has 0 saturated heterocycles. The normalized spacial score (nSPS) is 11.8. The SMILES string of the molecule is CCC(NC(=O)CCCCCNC(C)=O)c1ccc(Cl)cc1. The summed E-state index contributed by atoms with van der Waals surface area (Å²) in [7, 11) is 0. The van der Waals surface area contributed by atoms with Crippen LogP contribution in [0.3, 0.4) is 0 Å². The second-order valence-corrected chi connectivity index (χ2v) is 5.81. The molecule has 2 N–H and O–H groups in total. The summed E-state index contributed by atoms with van der Waals surface area (Å²) in [6.07, 6.45) is 4.04. The Balaban J connectivity index is 2.27. The van der Waals surface area contributed by atoms with E-state index in [1.54, 1.807) is 0 Å². The molecule has 0 saturated carbocycles. The smallest absolute Gasteiger partial charge is 0.220 e. The molecule has 22 heavy (non-hydrogen) atoms. The van der Waals surface area contributed by atoms with Gasteiger partial charge in [-0.1, -0.05) is 37.1 Å². The van der Waals surface area contributed by atoms with Crippen LogP contribution >= 0.6 is 11.6 Å². The number of carbonyl (C=O) groups is 2. The van der Waals surface area contributed by atoms with Crippen LogP contribution in [0.15, 0.2) is 24.3 Å². The molecule has 122 valence electrons. The van der Waals surface area contributed by atoms with Gasteiger partial charge in [0.2, 0.25) is 11.8 Å². The molecule has 5 heteroatoms. The molecule has 1 aromatic carbocycles. The number of hydrogen-bond donors (Lipinski definition) is 2. The van der Waals surface area contributed by atoms with Crippen molar-refractivity contribution in [1.29, 1.82) is 0 Å². The van der Waals surface area contributed by atoms with E-state index in [2.05, 4.69) is 10.6 Å². The molecular formula is C17H25ClN2O2. The molecule has 0 aromatic heterocycles. The third kappa shape index (κ3) is 7.46. The number of benzene rings is 1. The standard InChI is InChI=1S/C17H25ClN2O2/c1-3-16(14-8-10-15(18)11-9-14)20-17(22)7-5-4-6-12-19-13(2)21/h8-11,16H,3-7,12H2,1-2H3,(H,19,21)(H,20,22). The van der Waals surface area contributed by atoms with Gasteiger partial charge < -0.3 is 10.6 Å². The van der Waals surface area contributed by atoms with Gasteiger partial charge in [-0.3, -0.25) is 9.59 Å². The van der Waals surface area contributed by atoms with Crippen molar-refractivity contribution in [3.05, 3.63) is 34.9 Å². The molecule has 0 aliphatic rings. The molecule has 0 heterocycles. The molecule has 4 nitrogen and oxygen atoms in total.